The number of rotatable bonds is 6. The van der Waals surface area contributed by atoms with Crippen LogP contribution in [0.1, 0.15) is 17.2 Å². The highest BCUT2D eigenvalue weighted by molar-refractivity contribution is 5.21. The Morgan fingerprint density at radius 2 is 1.90 bits per heavy atom. The van der Waals surface area contributed by atoms with E-state index in [1.807, 2.05) is 38.4 Å². The smallest absolute Gasteiger partial charge is 0.128 e. The van der Waals surface area contributed by atoms with Crippen molar-refractivity contribution in [3.63, 3.8) is 0 Å². The third kappa shape index (κ3) is 3.85. The van der Waals surface area contributed by atoms with Gasteiger partial charge in [0.2, 0.25) is 0 Å². The zero-order valence-corrected chi connectivity index (χ0v) is 11.9. The molecule has 0 saturated carbocycles. The Labute approximate surface area is 119 Å². The molecule has 1 atom stereocenters. The van der Waals surface area contributed by atoms with E-state index in [0.29, 0.717) is 5.56 Å². The van der Waals surface area contributed by atoms with Crippen LogP contribution < -0.4 is 5.32 Å². The number of pyridine rings is 1. The molecule has 2 aromatic rings. The van der Waals surface area contributed by atoms with Gasteiger partial charge in [0.25, 0.3) is 0 Å². The summed E-state index contributed by atoms with van der Waals surface area (Å²) in [4.78, 5) is 6.18. The van der Waals surface area contributed by atoms with Gasteiger partial charge in [-0.2, -0.15) is 0 Å². The predicted octanol–water partition coefficient (Wildman–Crippen LogP) is 2.61. The topological polar surface area (TPSA) is 28.2 Å². The van der Waals surface area contributed by atoms with Crippen LogP contribution in [-0.2, 0) is 6.54 Å². The average Bonchev–Trinajstić information content (AvgIpc) is 2.46. The summed E-state index contributed by atoms with van der Waals surface area (Å²) in [5, 5.41) is 3.18. The summed E-state index contributed by atoms with van der Waals surface area (Å²) in [7, 11) is 3.89. The van der Waals surface area contributed by atoms with Gasteiger partial charge in [-0.1, -0.05) is 18.2 Å². The van der Waals surface area contributed by atoms with E-state index < -0.39 is 0 Å². The molecule has 3 nitrogen and oxygen atoms in total. The van der Waals surface area contributed by atoms with Crippen LogP contribution in [0.15, 0.2) is 48.8 Å². The van der Waals surface area contributed by atoms with Crippen molar-refractivity contribution >= 4 is 0 Å². The summed E-state index contributed by atoms with van der Waals surface area (Å²) in [5.41, 5.74) is 1.91. The van der Waals surface area contributed by atoms with Gasteiger partial charge in [0.05, 0.1) is 0 Å². The highest BCUT2D eigenvalue weighted by Crippen LogP contribution is 2.18. The Morgan fingerprint density at radius 1 is 1.20 bits per heavy atom. The van der Waals surface area contributed by atoms with Gasteiger partial charge >= 0.3 is 0 Å². The minimum absolute atomic E-state index is 0.0250. The molecular formula is C16H20FN3. The molecule has 0 aliphatic heterocycles. The molecule has 0 bridgehead atoms. The van der Waals surface area contributed by atoms with E-state index in [2.05, 4.69) is 15.2 Å². The van der Waals surface area contributed by atoms with Crippen LogP contribution >= 0.6 is 0 Å². The highest BCUT2D eigenvalue weighted by Gasteiger charge is 2.15. The van der Waals surface area contributed by atoms with Crippen LogP contribution in [0, 0.1) is 5.82 Å². The first-order valence-corrected chi connectivity index (χ1v) is 6.70. The van der Waals surface area contributed by atoms with Gasteiger partial charge < -0.3 is 10.2 Å². The van der Waals surface area contributed by atoms with Crippen LogP contribution in [0.25, 0.3) is 0 Å². The summed E-state index contributed by atoms with van der Waals surface area (Å²) in [6.07, 6.45) is 3.57. The fourth-order valence-corrected chi connectivity index (χ4v) is 2.28. The van der Waals surface area contributed by atoms with Crippen molar-refractivity contribution in [2.45, 2.75) is 12.6 Å². The number of benzene rings is 1. The SMILES string of the molecule is CNC(CN(C)Cc1ccncc1)c1ccccc1F. The molecule has 0 spiro atoms. The summed E-state index contributed by atoms with van der Waals surface area (Å²) >= 11 is 0. The second-order valence-corrected chi connectivity index (χ2v) is 4.91. The lowest BCUT2D eigenvalue weighted by atomic mass is 10.1. The van der Waals surface area contributed by atoms with Crippen LogP contribution in [0.2, 0.25) is 0 Å². The summed E-state index contributed by atoms with van der Waals surface area (Å²) in [6, 6.07) is 10.9. The molecule has 106 valence electrons. The molecule has 1 heterocycles. The first kappa shape index (κ1) is 14.6. The van der Waals surface area contributed by atoms with E-state index in [0.717, 1.165) is 13.1 Å². The molecule has 1 aromatic carbocycles. The van der Waals surface area contributed by atoms with E-state index in [1.54, 1.807) is 18.5 Å². The summed E-state index contributed by atoms with van der Waals surface area (Å²) < 4.78 is 13.8. The first-order chi connectivity index (χ1) is 9.70. The maximum absolute atomic E-state index is 13.8. The Morgan fingerprint density at radius 3 is 2.55 bits per heavy atom. The van der Waals surface area contributed by atoms with Crippen LogP contribution in [0.4, 0.5) is 4.39 Å². The van der Waals surface area contributed by atoms with Crippen molar-refractivity contribution in [3.05, 3.63) is 65.7 Å². The quantitative estimate of drug-likeness (QED) is 0.877. The van der Waals surface area contributed by atoms with Crippen molar-refractivity contribution in [1.82, 2.24) is 15.2 Å². The molecule has 2 rings (SSSR count). The minimum atomic E-state index is -0.163. The van der Waals surface area contributed by atoms with Crippen LogP contribution in [0.3, 0.4) is 0 Å². The molecule has 0 saturated heterocycles. The monoisotopic (exact) mass is 273 g/mol. The van der Waals surface area contributed by atoms with E-state index in [-0.39, 0.29) is 11.9 Å². The zero-order chi connectivity index (χ0) is 14.4. The van der Waals surface area contributed by atoms with Crippen molar-refractivity contribution < 1.29 is 4.39 Å². The molecule has 4 heteroatoms. The molecule has 0 fully saturated rings. The minimum Gasteiger partial charge on any atom is -0.312 e. The Bertz CT molecular complexity index is 530. The van der Waals surface area contributed by atoms with E-state index in [4.69, 9.17) is 0 Å². The highest BCUT2D eigenvalue weighted by atomic mass is 19.1. The number of nitrogens with one attached hydrogen (secondary N) is 1. The number of halogens is 1. The lowest BCUT2D eigenvalue weighted by Crippen LogP contribution is -2.31. The van der Waals surface area contributed by atoms with Gasteiger partial charge in [0.15, 0.2) is 0 Å². The fraction of sp³-hybridized carbons (Fsp3) is 0.312. The molecule has 20 heavy (non-hydrogen) atoms. The van der Waals surface area contributed by atoms with Gasteiger partial charge in [-0.3, -0.25) is 4.98 Å². The first-order valence-electron chi connectivity index (χ1n) is 6.70. The maximum Gasteiger partial charge on any atom is 0.128 e. The Balaban J connectivity index is 2.01. The second kappa shape index (κ2) is 7.12. The molecule has 1 N–H and O–H groups in total. The van der Waals surface area contributed by atoms with Crippen LogP contribution in [0.5, 0.6) is 0 Å². The number of nitrogens with zero attached hydrogens (tertiary/aromatic N) is 2. The second-order valence-electron chi connectivity index (χ2n) is 4.91. The van der Waals surface area contributed by atoms with Gasteiger partial charge in [0.1, 0.15) is 5.82 Å². The van der Waals surface area contributed by atoms with Crippen molar-refractivity contribution in [2.75, 3.05) is 20.6 Å². The number of hydrogen-bond acceptors (Lipinski definition) is 3. The van der Waals surface area contributed by atoms with Gasteiger partial charge in [0, 0.05) is 37.1 Å². The van der Waals surface area contributed by atoms with Gasteiger partial charge in [-0.15, -0.1) is 0 Å². The van der Waals surface area contributed by atoms with Gasteiger partial charge in [-0.25, -0.2) is 4.39 Å². The van der Waals surface area contributed by atoms with Gasteiger partial charge in [-0.05, 0) is 37.9 Å². The average molecular weight is 273 g/mol. The van der Waals surface area contributed by atoms with Crippen molar-refractivity contribution in [1.29, 1.82) is 0 Å². The summed E-state index contributed by atoms with van der Waals surface area (Å²) in [5.74, 6) is -0.163. The Kier molecular flexibility index (Phi) is 5.21. The third-order valence-corrected chi connectivity index (χ3v) is 3.33. The van der Waals surface area contributed by atoms with E-state index in [1.165, 1.54) is 11.6 Å². The molecule has 0 amide bonds. The molecule has 1 unspecified atom stereocenters. The maximum atomic E-state index is 13.8. The predicted molar refractivity (Wildman–Crippen MR) is 78.8 cm³/mol. The largest absolute Gasteiger partial charge is 0.312 e. The molecule has 0 aliphatic rings. The van der Waals surface area contributed by atoms with E-state index >= 15 is 0 Å². The summed E-state index contributed by atoms with van der Waals surface area (Å²) in [6.45, 7) is 1.55. The Hall–Kier alpha value is -1.78. The van der Waals surface area contributed by atoms with Crippen molar-refractivity contribution in [3.8, 4) is 0 Å². The van der Waals surface area contributed by atoms with Crippen molar-refractivity contribution in [2.24, 2.45) is 0 Å². The zero-order valence-electron chi connectivity index (χ0n) is 11.9. The molecule has 0 radical (unpaired) electrons. The number of aromatic nitrogens is 1. The number of hydrogen-bond donors (Lipinski definition) is 1. The lowest BCUT2D eigenvalue weighted by Gasteiger charge is -2.24. The fourth-order valence-electron chi connectivity index (χ4n) is 2.28. The lowest BCUT2D eigenvalue weighted by molar-refractivity contribution is 0.286. The standard InChI is InChI=1S/C16H20FN3/c1-18-16(14-5-3-4-6-15(14)17)12-20(2)11-13-7-9-19-10-8-13/h3-10,16,18H,11-12H2,1-2H3. The normalized spacial score (nSPS) is 12.6. The molecule has 0 aliphatic carbocycles. The number of likely N-dealkylation sites (N-methyl/N-ethyl adjacent to an activating group) is 2. The molecule has 1 aromatic heterocycles. The third-order valence-electron chi connectivity index (χ3n) is 3.33. The van der Waals surface area contributed by atoms with Crippen LogP contribution in [-0.4, -0.2) is 30.5 Å². The van der Waals surface area contributed by atoms with E-state index in [9.17, 15) is 4.39 Å². The molecular weight excluding hydrogens is 253 g/mol.